The van der Waals surface area contributed by atoms with E-state index in [1.807, 2.05) is 12.2 Å². The molecule has 25 heavy (non-hydrogen) atoms. The van der Waals surface area contributed by atoms with E-state index in [1.54, 1.807) is 23.5 Å². The summed E-state index contributed by atoms with van der Waals surface area (Å²) in [6, 6.07) is 16.6. The minimum atomic E-state index is 0.140. The maximum Gasteiger partial charge on any atom is 0.187 e. The van der Waals surface area contributed by atoms with Gasteiger partial charge in [0.2, 0.25) is 0 Å². The van der Waals surface area contributed by atoms with Crippen molar-refractivity contribution >= 4 is 41.5 Å². The van der Waals surface area contributed by atoms with E-state index in [9.17, 15) is 4.79 Å². The van der Waals surface area contributed by atoms with Crippen LogP contribution >= 0.6 is 23.5 Å². The Kier molecular flexibility index (Phi) is 6.19. The van der Waals surface area contributed by atoms with E-state index in [0.29, 0.717) is 13.1 Å². The van der Waals surface area contributed by atoms with E-state index in [4.69, 9.17) is 0 Å². The topological polar surface area (TPSA) is 29.1 Å². The number of ketones is 1. The summed E-state index contributed by atoms with van der Waals surface area (Å²) in [6.45, 7) is 1.23. The van der Waals surface area contributed by atoms with Crippen molar-refractivity contribution in [3.05, 3.63) is 70.8 Å². The molecule has 1 heterocycles. The van der Waals surface area contributed by atoms with Crippen LogP contribution in [0.15, 0.2) is 69.5 Å². The fourth-order valence-corrected chi connectivity index (χ4v) is 3.55. The van der Waals surface area contributed by atoms with Crippen molar-refractivity contribution in [1.82, 2.24) is 5.32 Å². The summed E-state index contributed by atoms with van der Waals surface area (Å²) in [4.78, 5) is 15.2. The maximum absolute atomic E-state index is 12.8. The van der Waals surface area contributed by atoms with Crippen LogP contribution in [0.25, 0.3) is 12.2 Å². The average Bonchev–Trinajstić information content (AvgIpc) is 2.66. The fourth-order valence-electron chi connectivity index (χ4n) is 2.73. The zero-order valence-electron chi connectivity index (χ0n) is 14.4. The van der Waals surface area contributed by atoms with Crippen molar-refractivity contribution in [1.29, 1.82) is 0 Å². The number of hydrogen-bond acceptors (Lipinski definition) is 4. The van der Waals surface area contributed by atoms with Crippen molar-refractivity contribution in [2.75, 3.05) is 25.6 Å². The average molecular weight is 368 g/mol. The van der Waals surface area contributed by atoms with Gasteiger partial charge in [0, 0.05) is 34.0 Å². The number of hydrogen-bond donors (Lipinski definition) is 1. The molecule has 2 aromatic rings. The van der Waals surface area contributed by atoms with Crippen LogP contribution in [-0.2, 0) is 4.79 Å². The summed E-state index contributed by atoms with van der Waals surface area (Å²) in [6.07, 6.45) is 8.10. The van der Waals surface area contributed by atoms with Gasteiger partial charge < -0.3 is 5.32 Å². The zero-order chi connectivity index (χ0) is 17.6. The molecular weight excluding hydrogens is 346 g/mol. The van der Waals surface area contributed by atoms with Crippen molar-refractivity contribution in [2.45, 2.75) is 9.79 Å². The Hall–Kier alpha value is -1.75. The second-order valence-corrected chi connectivity index (χ2v) is 7.58. The second kappa shape index (κ2) is 8.56. The van der Waals surface area contributed by atoms with Gasteiger partial charge in [0.1, 0.15) is 0 Å². The molecule has 0 unspecified atom stereocenters. The maximum atomic E-state index is 12.8. The molecule has 1 aliphatic rings. The smallest absolute Gasteiger partial charge is 0.187 e. The van der Waals surface area contributed by atoms with E-state index in [-0.39, 0.29) is 5.78 Å². The lowest BCUT2D eigenvalue weighted by Gasteiger charge is -2.18. The number of carbonyl (C=O) groups excluding carboxylic acids is 1. The molecule has 2 aromatic carbocycles. The van der Waals surface area contributed by atoms with Gasteiger partial charge in [0.25, 0.3) is 0 Å². The van der Waals surface area contributed by atoms with Gasteiger partial charge in [-0.05, 0) is 60.1 Å². The van der Waals surface area contributed by atoms with Crippen LogP contribution in [0.5, 0.6) is 0 Å². The summed E-state index contributed by atoms with van der Waals surface area (Å²) in [5.41, 5.74) is 3.76. The van der Waals surface area contributed by atoms with Gasteiger partial charge in [-0.1, -0.05) is 24.3 Å². The van der Waals surface area contributed by atoms with Crippen LogP contribution in [0, 0.1) is 0 Å². The van der Waals surface area contributed by atoms with Gasteiger partial charge in [-0.2, -0.15) is 0 Å². The number of Topliss-reactive ketones (excluding diaryl/α,β-unsaturated/α-hetero) is 1. The molecule has 128 valence electrons. The van der Waals surface area contributed by atoms with Crippen LogP contribution in [0.4, 0.5) is 0 Å². The van der Waals surface area contributed by atoms with Gasteiger partial charge in [0.05, 0.1) is 0 Å². The lowest BCUT2D eigenvalue weighted by molar-refractivity contribution is -0.112. The normalized spacial score (nSPS) is 18.1. The number of benzene rings is 2. The Morgan fingerprint density at radius 2 is 1.16 bits per heavy atom. The highest BCUT2D eigenvalue weighted by molar-refractivity contribution is 7.98. The van der Waals surface area contributed by atoms with Gasteiger partial charge in [-0.3, -0.25) is 4.79 Å². The third-order valence-corrected chi connectivity index (χ3v) is 5.61. The molecular formula is C21H21NOS2. The number of nitrogens with one attached hydrogen (secondary N) is 1. The van der Waals surface area contributed by atoms with Crippen molar-refractivity contribution in [2.24, 2.45) is 0 Å². The first-order valence-electron chi connectivity index (χ1n) is 8.14. The predicted octanol–water partition coefficient (Wildman–Crippen LogP) is 4.77. The van der Waals surface area contributed by atoms with Crippen LogP contribution in [-0.4, -0.2) is 31.4 Å². The first-order chi connectivity index (χ1) is 12.2. The molecule has 2 nitrogen and oxygen atoms in total. The molecule has 0 aliphatic carbocycles. The molecule has 0 bridgehead atoms. The quantitative estimate of drug-likeness (QED) is 0.623. The predicted molar refractivity (Wildman–Crippen MR) is 110 cm³/mol. The van der Waals surface area contributed by atoms with Crippen LogP contribution in [0.1, 0.15) is 11.1 Å². The Morgan fingerprint density at radius 1 is 0.760 bits per heavy atom. The fraction of sp³-hybridized carbons (Fsp3) is 0.190. The molecule has 0 radical (unpaired) electrons. The summed E-state index contributed by atoms with van der Waals surface area (Å²) in [5.74, 6) is 0.140. The van der Waals surface area contributed by atoms with Gasteiger partial charge in [-0.15, -0.1) is 23.5 Å². The molecule has 1 aliphatic heterocycles. The third kappa shape index (κ3) is 4.66. The van der Waals surface area contributed by atoms with Crippen molar-refractivity contribution in [3.8, 4) is 0 Å². The third-order valence-electron chi connectivity index (χ3n) is 4.13. The molecule has 1 fully saturated rings. The SMILES string of the molecule is CSc1ccc(/C=C2/CNC/C(=C/c3ccc(SC)cc3)C2=O)cc1. The van der Waals surface area contributed by atoms with E-state index in [2.05, 4.69) is 66.4 Å². The molecule has 0 spiro atoms. The molecule has 0 aromatic heterocycles. The first kappa shape index (κ1) is 18.1. The minimum absolute atomic E-state index is 0.140. The highest BCUT2D eigenvalue weighted by Crippen LogP contribution is 2.21. The van der Waals surface area contributed by atoms with Crippen LogP contribution in [0.2, 0.25) is 0 Å². The van der Waals surface area contributed by atoms with Gasteiger partial charge >= 0.3 is 0 Å². The first-order valence-corrected chi connectivity index (χ1v) is 10.6. The summed E-state index contributed by atoms with van der Waals surface area (Å²) < 4.78 is 0. The van der Waals surface area contributed by atoms with E-state index in [0.717, 1.165) is 22.3 Å². The molecule has 1 saturated heterocycles. The highest BCUT2D eigenvalue weighted by atomic mass is 32.2. The molecule has 1 N–H and O–H groups in total. The Morgan fingerprint density at radius 3 is 1.52 bits per heavy atom. The molecule has 3 rings (SSSR count). The number of thioether (sulfide) groups is 2. The summed E-state index contributed by atoms with van der Waals surface area (Å²) >= 11 is 3.44. The van der Waals surface area contributed by atoms with Crippen LogP contribution < -0.4 is 5.32 Å². The molecule has 0 saturated carbocycles. The Labute approximate surface area is 157 Å². The van der Waals surface area contributed by atoms with Crippen molar-refractivity contribution in [3.63, 3.8) is 0 Å². The lowest BCUT2D eigenvalue weighted by Crippen LogP contribution is -2.32. The van der Waals surface area contributed by atoms with Gasteiger partial charge in [0.15, 0.2) is 5.78 Å². The van der Waals surface area contributed by atoms with E-state index < -0.39 is 0 Å². The van der Waals surface area contributed by atoms with E-state index in [1.165, 1.54) is 9.79 Å². The van der Waals surface area contributed by atoms with Crippen LogP contribution in [0.3, 0.4) is 0 Å². The Balaban J connectivity index is 1.81. The number of rotatable bonds is 4. The molecule has 0 atom stereocenters. The highest BCUT2D eigenvalue weighted by Gasteiger charge is 2.20. The zero-order valence-corrected chi connectivity index (χ0v) is 16.0. The molecule has 4 heteroatoms. The summed E-state index contributed by atoms with van der Waals surface area (Å²) in [7, 11) is 0. The standard InChI is InChI=1S/C21H21NOS2/c1-24-19-7-3-15(4-8-19)11-17-13-22-14-18(21(17)23)12-16-5-9-20(25-2)10-6-16/h3-12,22H,13-14H2,1-2H3/b17-11-,18-12-. The monoisotopic (exact) mass is 367 g/mol. The van der Waals surface area contributed by atoms with Crippen molar-refractivity contribution < 1.29 is 4.79 Å². The van der Waals surface area contributed by atoms with E-state index >= 15 is 0 Å². The second-order valence-electron chi connectivity index (χ2n) is 5.82. The number of carbonyl (C=O) groups is 1. The summed E-state index contributed by atoms with van der Waals surface area (Å²) in [5, 5.41) is 3.34. The Bertz CT molecular complexity index is 737. The minimum Gasteiger partial charge on any atom is -0.308 e. The lowest BCUT2D eigenvalue weighted by atomic mass is 9.95. The largest absolute Gasteiger partial charge is 0.308 e. The number of piperidine rings is 1. The molecule has 0 amide bonds. The van der Waals surface area contributed by atoms with Gasteiger partial charge in [-0.25, -0.2) is 0 Å².